The van der Waals surface area contributed by atoms with Gasteiger partial charge in [0.15, 0.2) is 0 Å². The van der Waals surface area contributed by atoms with Crippen LogP contribution in [0, 0.1) is 0 Å². The van der Waals surface area contributed by atoms with E-state index in [0.29, 0.717) is 11.6 Å². The van der Waals surface area contributed by atoms with Crippen LogP contribution in [-0.4, -0.2) is 17.6 Å². The maximum Gasteiger partial charge on any atom is 0.255 e. The molecule has 0 aromatic heterocycles. The Kier molecular flexibility index (Phi) is 4.64. The maximum atomic E-state index is 12.0. The van der Waals surface area contributed by atoms with Crippen LogP contribution in [0.25, 0.3) is 0 Å². The van der Waals surface area contributed by atoms with E-state index in [2.05, 4.69) is 5.32 Å². The Labute approximate surface area is 123 Å². The lowest BCUT2D eigenvalue weighted by molar-refractivity contribution is 0.0949. The highest BCUT2D eigenvalue weighted by Crippen LogP contribution is 2.21. The number of amides is 1. The molecular weight excluding hydrogens is 274 g/mol. The normalized spacial score (nSPS) is 11.9. The molecule has 4 heteroatoms. The minimum absolute atomic E-state index is 0.0701. The van der Waals surface area contributed by atoms with E-state index < -0.39 is 0 Å². The van der Waals surface area contributed by atoms with Gasteiger partial charge in [-0.15, -0.1) is 0 Å². The predicted molar refractivity (Wildman–Crippen MR) is 80.3 cm³/mol. The van der Waals surface area contributed by atoms with Crippen LogP contribution in [0.15, 0.2) is 48.5 Å². The van der Waals surface area contributed by atoms with Crippen LogP contribution in [0.2, 0.25) is 5.02 Å². The molecule has 0 radical (unpaired) electrons. The molecule has 0 fully saturated rings. The van der Waals surface area contributed by atoms with Gasteiger partial charge in [0.25, 0.3) is 5.91 Å². The molecule has 0 saturated carbocycles. The lowest BCUT2D eigenvalue weighted by atomic mass is 10.0. The first-order valence-corrected chi connectivity index (χ1v) is 6.77. The number of carbonyl (C=O) groups is 1. The summed E-state index contributed by atoms with van der Waals surface area (Å²) in [5, 5.41) is 12.9. The average Bonchev–Trinajstić information content (AvgIpc) is 2.47. The van der Waals surface area contributed by atoms with Crippen molar-refractivity contribution in [2.24, 2.45) is 0 Å². The van der Waals surface area contributed by atoms with Crippen molar-refractivity contribution in [1.82, 2.24) is 5.32 Å². The highest BCUT2D eigenvalue weighted by molar-refractivity contribution is 6.31. The van der Waals surface area contributed by atoms with Crippen LogP contribution in [0.3, 0.4) is 0 Å². The molecule has 20 heavy (non-hydrogen) atoms. The van der Waals surface area contributed by atoms with Gasteiger partial charge in [-0.1, -0.05) is 48.9 Å². The quantitative estimate of drug-likeness (QED) is 0.904. The molecule has 3 nitrogen and oxygen atoms in total. The monoisotopic (exact) mass is 289 g/mol. The number of rotatable bonds is 4. The van der Waals surface area contributed by atoms with E-state index in [1.165, 1.54) is 12.1 Å². The Morgan fingerprint density at radius 1 is 1.25 bits per heavy atom. The van der Waals surface area contributed by atoms with Crippen molar-refractivity contribution in [3.63, 3.8) is 0 Å². The van der Waals surface area contributed by atoms with Crippen LogP contribution in [-0.2, 0) is 0 Å². The molecule has 0 aliphatic rings. The second kappa shape index (κ2) is 6.44. The lowest BCUT2D eigenvalue weighted by Crippen LogP contribution is -2.27. The average molecular weight is 290 g/mol. The van der Waals surface area contributed by atoms with Gasteiger partial charge in [0.2, 0.25) is 0 Å². The molecule has 0 heterocycles. The number of halogens is 1. The SMILES string of the molecule is CC(CNC(=O)c1cc(Cl)ccc1O)c1ccccc1. The van der Waals surface area contributed by atoms with E-state index in [0.717, 1.165) is 5.56 Å². The number of benzene rings is 2. The van der Waals surface area contributed by atoms with Crippen LogP contribution < -0.4 is 5.32 Å². The van der Waals surface area contributed by atoms with Crippen molar-refractivity contribution in [2.75, 3.05) is 6.54 Å². The molecule has 2 aromatic carbocycles. The first kappa shape index (κ1) is 14.4. The number of phenols is 1. The van der Waals surface area contributed by atoms with Crippen molar-refractivity contribution < 1.29 is 9.90 Å². The van der Waals surface area contributed by atoms with Gasteiger partial charge in [-0.05, 0) is 29.7 Å². The van der Waals surface area contributed by atoms with Crippen LogP contribution in [0.4, 0.5) is 0 Å². The van der Waals surface area contributed by atoms with Gasteiger partial charge in [-0.25, -0.2) is 0 Å². The molecular formula is C16H16ClNO2. The van der Waals surface area contributed by atoms with Gasteiger partial charge in [-0.2, -0.15) is 0 Å². The van der Waals surface area contributed by atoms with Gasteiger partial charge in [-0.3, -0.25) is 4.79 Å². The van der Waals surface area contributed by atoms with E-state index in [9.17, 15) is 9.90 Å². The van der Waals surface area contributed by atoms with Gasteiger partial charge >= 0.3 is 0 Å². The Bertz CT molecular complexity index is 599. The summed E-state index contributed by atoms with van der Waals surface area (Å²) in [6, 6.07) is 14.4. The van der Waals surface area contributed by atoms with Crippen molar-refractivity contribution >= 4 is 17.5 Å². The summed E-state index contributed by atoms with van der Waals surface area (Å²) in [5.74, 6) is -0.200. The first-order valence-electron chi connectivity index (χ1n) is 6.39. The lowest BCUT2D eigenvalue weighted by Gasteiger charge is -2.13. The third-order valence-electron chi connectivity index (χ3n) is 3.14. The summed E-state index contributed by atoms with van der Waals surface area (Å²) in [5.41, 5.74) is 1.35. The number of carbonyl (C=O) groups excluding carboxylic acids is 1. The Morgan fingerprint density at radius 3 is 2.65 bits per heavy atom. The summed E-state index contributed by atoms with van der Waals surface area (Å²) in [7, 11) is 0. The molecule has 104 valence electrons. The van der Waals surface area contributed by atoms with Gasteiger partial charge < -0.3 is 10.4 Å². The van der Waals surface area contributed by atoms with Gasteiger partial charge in [0.05, 0.1) is 5.56 Å². The molecule has 1 atom stereocenters. The molecule has 0 aliphatic heterocycles. The van der Waals surface area contributed by atoms with Crippen molar-refractivity contribution in [3.05, 3.63) is 64.7 Å². The fourth-order valence-electron chi connectivity index (χ4n) is 1.93. The standard InChI is InChI=1S/C16H16ClNO2/c1-11(12-5-3-2-4-6-12)10-18-16(20)14-9-13(17)7-8-15(14)19/h2-9,11,19H,10H2,1H3,(H,18,20). The predicted octanol–water partition coefficient (Wildman–Crippen LogP) is 3.58. The zero-order chi connectivity index (χ0) is 14.5. The summed E-state index contributed by atoms with van der Waals surface area (Å²) in [4.78, 5) is 12.0. The second-order valence-corrected chi connectivity index (χ2v) is 5.12. The van der Waals surface area contributed by atoms with Crippen molar-refractivity contribution in [1.29, 1.82) is 0 Å². The Morgan fingerprint density at radius 2 is 1.95 bits per heavy atom. The van der Waals surface area contributed by atoms with Gasteiger partial charge in [0, 0.05) is 11.6 Å². The number of phenolic OH excluding ortho intramolecular Hbond substituents is 1. The largest absolute Gasteiger partial charge is 0.507 e. The highest BCUT2D eigenvalue weighted by atomic mass is 35.5. The van der Waals surface area contributed by atoms with Crippen molar-refractivity contribution in [3.8, 4) is 5.75 Å². The minimum atomic E-state index is -0.326. The fourth-order valence-corrected chi connectivity index (χ4v) is 2.10. The molecule has 0 aliphatic carbocycles. The van der Waals surface area contributed by atoms with E-state index >= 15 is 0 Å². The smallest absolute Gasteiger partial charge is 0.255 e. The summed E-state index contributed by atoms with van der Waals surface area (Å²) < 4.78 is 0. The van der Waals surface area contributed by atoms with Crippen LogP contribution in [0.1, 0.15) is 28.8 Å². The molecule has 2 aromatic rings. The number of hydrogen-bond acceptors (Lipinski definition) is 2. The summed E-state index contributed by atoms with van der Waals surface area (Å²) in [6.07, 6.45) is 0. The van der Waals surface area contributed by atoms with Crippen LogP contribution in [0.5, 0.6) is 5.75 Å². The maximum absolute atomic E-state index is 12.0. The zero-order valence-corrected chi connectivity index (χ0v) is 11.9. The third kappa shape index (κ3) is 3.52. The number of aromatic hydroxyl groups is 1. The number of hydrogen-bond donors (Lipinski definition) is 2. The molecule has 0 spiro atoms. The molecule has 1 amide bonds. The van der Waals surface area contributed by atoms with E-state index in [4.69, 9.17) is 11.6 Å². The topological polar surface area (TPSA) is 49.3 Å². The van der Waals surface area contributed by atoms with Gasteiger partial charge in [0.1, 0.15) is 5.75 Å². The van der Waals surface area contributed by atoms with E-state index in [-0.39, 0.29) is 23.1 Å². The summed E-state index contributed by atoms with van der Waals surface area (Å²) in [6.45, 7) is 2.53. The molecule has 1 unspecified atom stereocenters. The van der Waals surface area contributed by atoms with Crippen molar-refractivity contribution in [2.45, 2.75) is 12.8 Å². The number of nitrogens with one attached hydrogen (secondary N) is 1. The zero-order valence-electron chi connectivity index (χ0n) is 11.1. The van der Waals surface area contributed by atoms with E-state index in [1.54, 1.807) is 6.07 Å². The van der Waals surface area contributed by atoms with Crippen LogP contribution >= 0.6 is 11.6 Å². The third-order valence-corrected chi connectivity index (χ3v) is 3.38. The highest BCUT2D eigenvalue weighted by Gasteiger charge is 2.13. The fraction of sp³-hybridized carbons (Fsp3) is 0.188. The molecule has 2 N–H and O–H groups in total. The summed E-state index contributed by atoms with van der Waals surface area (Å²) >= 11 is 5.83. The molecule has 0 bridgehead atoms. The molecule has 0 saturated heterocycles. The molecule has 2 rings (SSSR count). The van der Waals surface area contributed by atoms with E-state index in [1.807, 2.05) is 37.3 Å². The Hall–Kier alpha value is -2.00. The second-order valence-electron chi connectivity index (χ2n) is 4.68. The first-order chi connectivity index (χ1) is 9.58. The minimum Gasteiger partial charge on any atom is -0.507 e. The Balaban J connectivity index is 2.00.